The number of rotatable bonds is 16. The first kappa shape index (κ1) is 59.1. The number of hydrogen-bond acceptors (Lipinski definition) is 19. The summed E-state index contributed by atoms with van der Waals surface area (Å²) in [4.78, 5) is 26.9. The van der Waals surface area contributed by atoms with Crippen LogP contribution in [-0.2, 0) is 71.2 Å². The van der Waals surface area contributed by atoms with Crippen LogP contribution in [0.4, 0.5) is 0 Å². The number of ether oxygens (including phenoxy) is 13. The summed E-state index contributed by atoms with van der Waals surface area (Å²) in [5.41, 5.74) is -6.10. The molecule has 0 aromatic heterocycles. The average Bonchev–Trinajstić information content (AvgIpc) is 3.59. The summed E-state index contributed by atoms with van der Waals surface area (Å²) in [6, 6.07) is 0. The monoisotopic (exact) mass is 1070 g/mol. The molecule has 0 radical (unpaired) electrons. The van der Waals surface area contributed by atoms with Crippen LogP contribution < -0.4 is 0 Å². The molecule has 8 rings (SSSR count). The van der Waals surface area contributed by atoms with Gasteiger partial charge in [-0.15, -0.1) is 0 Å². The topological polar surface area (TPSA) is 235 Å². The van der Waals surface area contributed by atoms with Gasteiger partial charge in [0.25, 0.3) is 0 Å². The molecule has 7 fully saturated rings. The Labute approximate surface area is 443 Å². The molecule has 19 heteroatoms. The fourth-order valence-electron chi connectivity index (χ4n) is 14.6. The fraction of sp³-hybridized carbons (Fsp3) is 0.893. The number of fused-ring (bicyclic) bond motifs is 5. The molecule has 8 aliphatic rings. The zero-order valence-corrected chi connectivity index (χ0v) is 46.9. The van der Waals surface area contributed by atoms with Gasteiger partial charge >= 0.3 is 5.97 Å². The quantitative estimate of drug-likeness (QED) is 0.0892. The summed E-state index contributed by atoms with van der Waals surface area (Å²) in [6.45, 7) is 18.4. The van der Waals surface area contributed by atoms with Crippen molar-refractivity contribution in [1.29, 1.82) is 0 Å². The Morgan fingerprint density at radius 1 is 0.667 bits per heavy atom. The van der Waals surface area contributed by atoms with E-state index in [0.717, 1.165) is 11.1 Å². The number of ketones is 1. The van der Waals surface area contributed by atoms with Crippen LogP contribution in [0.1, 0.15) is 140 Å². The lowest BCUT2D eigenvalue weighted by Gasteiger charge is -2.67. The lowest BCUT2D eigenvalue weighted by atomic mass is 9.42. The van der Waals surface area contributed by atoms with Gasteiger partial charge in [0.2, 0.25) is 0 Å². The summed E-state index contributed by atoms with van der Waals surface area (Å²) in [5.74, 6) is -1.61. The van der Waals surface area contributed by atoms with Crippen molar-refractivity contribution in [3.05, 3.63) is 23.3 Å². The number of allylic oxidation sites excluding steroid dienone is 1. The van der Waals surface area contributed by atoms with Gasteiger partial charge in [-0.05, 0) is 105 Å². The van der Waals surface area contributed by atoms with Crippen molar-refractivity contribution in [1.82, 2.24) is 0 Å². The molecule has 75 heavy (non-hydrogen) atoms. The number of aliphatic hydroxyl groups excluding tert-OH is 1. The van der Waals surface area contributed by atoms with Crippen LogP contribution in [0, 0.1) is 22.7 Å². The van der Waals surface area contributed by atoms with Crippen LogP contribution in [0.15, 0.2) is 23.3 Å². The molecular formula is C56H90O19. The Morgan fingerprint density at radius 2 is 1.13 bits per heavy atom. The molecule has 19 nitrogen and oxygen atoms in total. The highest BCUT2D eigenvalue weighted by Gasteiger charge is 2.81. The molecular weight excluding hydrogens is 977 g/mol. The first-order chi connectivity index (χ1) is 35.3. The number of Topliss-reactive ketones (excluding diaryl/α,β-unsaturated/α-hetero) is 1. The third-order valence-electron chi connectivity index (χ3n) is 19.6. The summed E-state index contributed by atoms with van der Waals surface area (Å²) in [6.07, 6.45) is -2.49. The van der Waals surface area contributed by atoms with Gasteiger partial charge in [0, 0.05) is 66.1 Å². The number of methoxy groups -OCH3 is 4. The summed E-state index contributed by atoms with van der Waals surface area (Å²) < 4.78 is 81.6. The number of carbonyl (C=O) groups is 2. The Kier molecular flexibility index (Phi) is 18.0. The first-order valence-electron chi connectivity index (χ1n) is 27.6. The minimum Gasteiger partial charge on any atom is -0.458 e. The van der Waals surface area contributed by atoms with Gasteiger partial charge in [-0.3, -0.25) is 4.79 Å². The third kappa shape index (κ3) is 10.6. The highest BCUT2D eigenvalue weighted by Crippen LogP contribution is 2.71. The van der Waals surface area contributed by atoms with Crippen molar-refractivity contribution < 1.29 is 91.6 Å². The average molecular weight is 1070 g/mol. The molecule has 4 aliphatic carbocycles. The third-order valence-corrected chi connectivity index (χ3v) is 19.6. The molecule has 4 heterocycles. The van der Waals surface area contributed by atoms with Gasteiger partial charge in [0.05, 0.1) is 60.4 Å². The summed E-state index contributed by atoms with van der Waals surface area (Å²) in [5, 5.41) is 48.5. The van der Waals surface area contributed by atoms with E-state index >= 15 is 0 Å². The molecule has 4 aliphatic heterocycles. The van der Waals surface area contributed by atoms with E-state index < -0.39 is 144 Å². The van der Waals surface area contributed by atoms with E-state index in [1.807, 2.05) is 47.6 Å². The fourth-order valence-corrected chi connectivity index (χ4v) is 14.6. The second-order valence-electron chi connectivity index (χ2n) is 23.9. The minimum atomic E-state index is -2.02. The van der Waals surface area contributed by atoms with Crippen molar-refractivity contribution in [2.24, 2.45) is 22.7 Å². The molecule has 0 amide bonds. The van der Waals surface area contributed by atoms with E-state index in [9.17, 15) is 30.0 Å². The number of carbonyl (C=O) groups excluding carboxylic acids is 2. The second-order valence-corrected chi connectivity index (χ2v) is 23.9. The van der Waals surface area contributed by atoms with E-state index in [-0.39, 0.29) is 43.8 Å². The number of hydrogen-bond donors (Lipinski definition) is 4. The van der Waals surface area contributed by atoms with Crippen molar-refractivity contribution in [2.75, 3.05) is 28.4 Å². The number of aliphatic hydroxyl groups is 4. The Morgan fingerprint density at radius 3 is 1.60 bits per heavy atom. The lowest BCUT2D eigenvalue weighted by Crippen LogP contribution is -2.78. The SMILES string of the molecule is COC1CC(OC2C(C)OC(OC3C(C)OC(OC4C(C)OC(OC5CCC6(C)C(=CCC7(O)C6CC(OC(=O)/C=C(\C)C(C)C)C6(C)C(O)(C(C)=O)CCC76O)C5)CC4OC)CC3OC)CC2OC)OC(C)C1O. The maximum absolute atomic E-state index is 13.6. The Balaban J connectivity index is 0.877. The van der Waals surface area contributed by atoms with Crippen LogP contribution in [0.2, 0.25) is 0 Å². The molecule has 4 saturated heterocycles. The van der Waals surface area contributed by atoms with Crippen molar-refractivity contribution >= 4 is 11.8 Å². The molecule has 4 N–H and O–H groups in total. The molecule has 0 aromatic carbocycles. The maximum Gasteiger partial charge on any atom is 0.330 e. The van der Waals surface area contributed by atoms with Gasteiger partial charge in [0.1, 0.15) is 47.3 Å². The second kappa shape index (κ2) is 22.8. The van der Waals surface area contributed by atoms with Crippen molar-refractivity contribution in [3.8, 4) is 0 Å². The van der Waals surface area contributed by atoms with Gasteiger partial charge in [-0.25, -0.2) is 4.79 Å². The van der Waals surface area contributed by atoms with Crippen LogP contribution in [0.5, 0.6) is 0 Å². The zero-order chi connectivity index (χ0) is 54.7. The molecule has 24 unspecified atom stereocenters. The van der Waals surface area contributed by atoms with Gasteiger partial charge < -0.3 is 82.0 Å². The largest absolute Gasteiger partial charge is 0.458 e. The highest BCUT2D eigenvalue weighted by atomic mass is 16.8. The van der Waals surface area contributed by atoms with Crippen LogP contribution in [0.3, 0.4) is 0 Å². The summed E-state index contributed by atoms with van der Waals surface area (Å²) in [7, 11) is 6.49. The predicted octanol–water partition coefficient (Wildman–Crippen LogP) is 5.12. The molecule has 24 atom stereocenters. The standard InChI is InChI=1S/C56H90O19/c1-28(2)29(3)21-43(58)72-42-27-41-52(9)17-16-36(22-35(52)15-18-55(41,61)56(62)20-19-54(60,34(8)57)53(42,56)10)71-44-24-38(64-12)49(31(5)68-44)74-46-26-40(66-14)51(33(7)70-46)75-47-25-39(65-13)50(32(6)69-47)73-45-23-37(63-11)48(59)30(4)67-45/h15,21,28,30-33,36-42,44-51,59-62H,16-20,22-27H2,1-14H3/b29-21+. The van der Waals surface area contributed by atoms with Crippen molar-refractivity contribution in [2.45, 2.75) is 267 Å². The van der Waals surface area contributed by atoms with Gasteiger partial charge in [-0.2, -0.15) is 0 Å². The summed E-state index contributed by atoms with van der Waals surface area (Å²) >= 11 is 0. The highest BCUT2D eigenvalue weighted by molar-refractivity contribution is 5.87. The Bertz CT molecular complexity index is 2070. The van der Waals surface area contributed by atoms with Gasteiger partial charge in [-0.1, -0.05) is 38.0 Å². The van der Waals surface area contributed by atoms with E-state index in [0.29, 0.717) is 44.9 Å². The number of esters is 1. The van der Waals surface area contributed by atoms with E-state index in [2.05, 4.69) is 6.92 Å². The Hall–Kier alpha value is -2.02. The van der Waals surface area contributed by atoms with Crippen molar-refractivity contribution in [3.63, 3.8) is 0 Å². The van der Waals surface area contributed by atoms with Crippen LogP contribution in [-0.4, -0.2) is 188 Å². The lowest BCUT2D eigenvalue weighted by molar-refractivity contribution is -0.347. The molecule has 428 valence electrons. The molecule has 0 bridgehead atoms. The first-order valence-corrected chi connectivity index (χ1v) is 27.6. The molecule has 0 spiro atoms. The minimum absolute atomic E-state index is 0.0344. The molecule has 0 aromatic rings. The zero-order valence-electron chi connectivity index (χ0n) is 46.9. The van der Waals surface area contributed by atoms with Crippen LogP contribution >= 0.6 is 0 Å². The smallest absolute Gasteiger partial charge is 0.330 e. The van der Waals surface area contributed by atoms with Gasteiger partial charge in [0.15, 0.2) is 30.9 Å². The van der Waals surface area contributed by atoms with E-state index in [1.165, 1.54) is 13.0 Å². The maximum atomic E-state index is 13.6. The molecule has 3 saturated carbocycles. The van der Waals surface area contributed by atoms with E-state index in [4.69, 9.17) is 61.6 Å². The van der Waals surface area contributed by atoms with Crippen LogP contribution in [0.25, 0.3) is 0 Å². The van der Waals surface area contributed by atoms with E-state index in [1.54, 1.807) is 42.3 Å². The normalized spacial score (nSPS) is 49.3. The predicted molar refractivity (Wildman–Crippen MR) is 269 cm³/mol.